The highest BCUT2D eigenvalue weighted by Gasteiger charge is 2.17. The number of aromatic hydroxyl groups is 1. The Balaban J connectivity index is 3.11. The summed E-state index contributed by atoms with van der Waals surface area (Å²) in [5, 5.41) is 10.5. The second-order valence-electron chi connectivity index (χ2n) is 4.26. The Hall–Kier alpha value is -0.730. The van der Waals surface area contributed by atoms with Crippen LogP contribution in [0.4, 0.5) is 0 Å². The Labute approximate surface area is 112 Å². The van der Waals surface area contributed by atoms with Gasteiger partial charge in [-0.25, -0.2) is 0 Å². The number of phenols is 1. The van der Waals surface area contributed by atoms with Crippen molar-refractivity contribution in [3.63, 3.8) is 0 Å². The van der Waals surface area contributed by atoms with Crippen LogP contribution in [0.1, 0.15) is 48.5 Å². The van der Waals surface area contributed by atoms with Gasteiger partial charge >= 0.3 is 0 Å². The molecule has 17 heavy (non-hydrogen) atoms. The Morgan fingerprint density at radius 3 is 2.59 bits per heavy atom. The summed E-state index contributed by atoms with van der Waals surface area (Å²) in [5.41, 5.74) is 0.998. The van der Waals surface area contributed by atoms with Gasteiger partial charge in [-0.15, -0.1) is 11.6 Å². The van der Waals surface area contributed by atoms with Gasteiger partial charge < -0.3 is 5.11 Å². The SMILES string of the molecule is CC(C)c1cc(Cl)cc(C(=O)CCCCl)c1O. The third-order valence-electron chi connectivity index (χ3n) is 2.56. The molecule has 0 atom stereocenters. The summed E-state index contributed by atoms with van der Waals surface area (Å²) in [5.74, 6) is 0.481. The molecular weight excluding hydrogens is 259 g/mol. The smallest absolute Gasteiger partial charge is 0.166 e. The lowest BCUT2D eigenvalue weighted by atomic mass is 9.96. The molecule has 0 saturated carbocycles. The van der Waals surface area contributed by atoms with Crippen molar-refractivity contribution in [3.8, 4) is 5.75 Å². The van der Waals surface area contributed by atoms with Gasteiger partial charge in [-0.3, -0.25) is 4.79 Å². The van der Waals surface area contributed by atoms with E-state index < -0.39 is 0 Å². The summed E-state index contributed by atoms with van der Waals surface area (Å²) in [7, 11) is 0. The summed E-state index contributed by atoms with van der Waals surface area (Å²) < 4.78 is 0. The quantitative estimate of drug-likeness (QED) is 0.640. The van der Waals surface area contributed by atoms with Crippen LogP contribution in [0.2, 0.25) is 5.02 Å². The molecule has 0 spiro atoms. The molecule has 2 nitrogen and oxygen atoms in total. The van der Waals surface area contributed by atoms with Crippen LogP contribution >= 0.6 is 23.2 Å². The number of benzene rings is 1. The number of carbonyl (C=O) groups is 1. The van der Waals surface area contributed by atoms with E-state index in [9.17, 15) is 9.90 Å². The Morgan fingerprint density at radius 1 is 1.41 bits per heavy atom. The van der Waals surface area contributed by atoms with Gasteiger partial charge in [0.25, 0.3) is 0 Å². The van der Waals surface area contributed by atoms with Crippen LogP contribution in [0.5, 0.6) is 5.75 Å². The van der Waals surface area contributed by atoms with Crippen molar-refractivity contribution in [2.24, 2.45) is 0 Å². The fourth-order valence-electron chi connectivity index (χ4n) is 1.64. The largest absolute Gasteiger partial charge is 0.507 e. The number of rotatable bonds is 5. The topological polar surface area (TPSA) is 37.3 Å². The molecule has 0 aliphatic rings. The maximum Gasteiger partial charge on any atom is 0.166 e. The van der Waals surface area contributed by atoms with Gasteiger partial charge in [0.05, 0.1) is 5.56 Å². The molecule has 1 N–H and O–H groups in total. The van der Waals surface area contributed by atoms with E-state index in [2.05, 4.69) is 0 Å². The van der Waals surface area contributed by atoms with E-state index in [1.807, 2.05) is 13.8 Å². The molecule has 0 fully saturated rings. The molecule has 0 radical (unpaired) electrons. The molecule has 1 aromatic carbocycles. The zero-order valence-electron chi connectivity index (χ0n) is 9.96. The first-order valence-corrected chi connectivity index (χ1v) is 6.50. The standard InChI is InChI=1S/C13H16Cl2O2/c1-8(2)10-6-9(15)7-11(13(10)17)12(16)4-3-5-14/h6-8,17H,3-5H2,1-2H3. The van der Waals surface area contributed by atoms with Gasteiger partial charge in [-0.1, -0.05) is 25.4 Å². The predicted molar refractivity (Wildman–Crippen MR) is 71.5 cm³/mol. The van der Waals surface area contributed by atoms with E-state index in [1.54, 1.807) is 6.07 Å². The number of hydrogen-bond donors (Lipinski definition) is 1. The second kappa shape index (κ2) is 6.27. The molecule has 0 heterocycles. The van der Waals surface area contributed by atoms with Crippen LogP contribution in [0.15, 0.2) is 12.1 Å². The first-order valence-electron chi connectivity index (χ1n) is 5.59. The van der Waals surface area contributed by atoms with Gasteiger partial charge in [0.2, 0.25) is 0 Å². The summed E-state index contributed by atoms with van der Waals surface area (Å²) in [6, 6.07) is 3.21. The van der Waals surface area contributed by atoms with Crippen molar-refractivity contribution in [1.29, 1.82) is 0 Å². The zero-order valence-corrected chi connectivity index (χ0v) is 11.5. The van der Waals surface area contributed by atoms with E-state index in [0.29, 0.717) is 34.9 Å². The van der Waals surface area contributed by atoms with E-state index in [4.69, 9.17) is 23.2 Å². The summed E-state index contributed by atoms with van der Waals surface area (Å²) >= 11 is 11.5. The first kappa shape index (κ1) is 14.3. The van der Waals surface area contributed by atoms with Crippen LogP contribution in [0, 0.1) is 0 Å². The van der Waals surface area contributed by atoms with Crippen LogP contribution < -0.4 is 0 Å². The minimum atomic E-state index is -0.118. The fraction of sp³-hybridized carbons (Fsp3) is 0.462. The van der Waals surface area contributed by atoms with Crippen molar-refractivity contribution in [3.05, 3.63) is 28.3 Å². The minimum Gasteiger partial charge on any atom is -0.507 e. The second-order valence-corrected chi connectivity index (χ2v) is 5.08. The lowest BCUT2D eigenvalue weighted by Gasteiger charge is -2.12. The molecule has 0 aromatic heterocycles. The third kappa shape index (κ3) is 3.62. The van der Waals surface area contributed by atoms with Crippen molar-refractivity contribution in [2.75, 3.05) is 5.88 Å². The Bertz CT molecular complexity index is 414. The molecule has 0 saturated heterocycles. The summed E-state index contributed by atoms with van der Waals surface area (Å²) in [6.45, 7) is 3.89. The third-order valence-corrected chi connectivity index (χ3v) is 3.05. The molecule has 0 bridgehead atoms. The molecule has 94 valence electrons. The lowest BCUT2D eigenvalue weighted by molar-refractivity contribution is 0.0979. The highest BCUT2D eigenvalue weighted by molar-refractivity contribution is 6.31. The predicted octanol–water partition coefficient (Wildman–Crippen LogP) is 4.37. The molecular formula is C13H16Cl2O2. The molecule has 1 rings (SSSR count). The molecule has 0 unspecified atom stereocenters. The Morgan fingerprint density at radius 2 is 2.06 bits per heavy atom. The fourth-order valence-corrected chi connectivity index (χ4v) is 2.00. The number of carbonyl (C=O) groups excluding carboxylic acids is 1. The minimum absolute atomic E-state index is 0.0453. The van der Waals surface area contributed by atoms with E-state index in [-0.39, 0.29) is 17.5 Å². The Kier molecular flexibility index (Phi) is 5.29. The van der Waals surface area contributed by atoms with Crippen molar-refractivity contribution in [2.45, 2.75) is 32.6 Å². The summed E-state index contributed by atoms with van der Waals surface area (Å²) in [6.07, 6.45) is 0.929. The van der Waals surface area contributed by atoms with E-state index >= 15 is 0 Å². The summed E-state index contributed by atoms with van der Waals surface area (Å²) in [4.78, 5) is 11.9. The van der Waals surface area contributed by atoms with Crippen molar-refractivity contribution in [1.82, 2.24) is 0 Å². The van der Waals surface area contributed by atoms with Crippen LogP contribution in [-0.4, -0.2) is 16.8 Å². The molecule has 1 aromatic rings. The number of alkyl halides is 1. The average molecular weight is 275 g/mol. The van der Waals surface area contributed by atoms with Gasteiger partial charge in [-0.2, -0.15) is 0 Å². The average Bonchev–Trinajstić information content (AvgIpc) is 2.28. The number of Topliss-reactive ketones (excluding diaryl/α,β-unsaturated/α-hetero) is 1. The van der Waals surface area contributed by atoms with Crippen molar-refractivity contribution < 1.29 is 9.90 Å². The highest BCUT2D eigenvalue weighted by Crippen LogP contribution is 2.33. The zero-order chi connectivity index (χ0) is 13.0. The normalized spacial score (nSPS) is 10.9. The van der Waals surface area contributed by atoms with Crippen LogP contribution in [0.3, 0.4) is 0 Å². The molecule has 0 amide bonds. The van der Waals surface area contributed by atoms with Crippen LogP contribution in [0.25, 0.3) is 0 Å². The van der Waals surface area contributed by atoms with Gasteiger partial charge in [0.15, 0.2) is 5.78 Å². The van der Waals surface area contributed by atoms with Gasteiger partial charge in [0, 0.05) is 17.3 Å². The van der Waals surface area contributed by atoms with Crippen LogP contribution in [-0.2, 0) is 0 Å². The highest BCUT2D eigenvalue weighted by atomic mass is 35.5. The monoisotopic (exact) mass is 274 g/mol. The molecule has 0 aliphatic carbocycles. The maximum absolute atomic E-state index is 11.9. The number of phenolic OH excluding ortho intramolecular Hbond substituents is 1. The lowest BCUT2D eigenvalue weighted by Crippen LogP contribution is -2.02. The van der Waals surface area contributed by atoms with Gasteiger partial charge in [-0.05, 0) is 30.0 Å². The van der Waals surface area contributed by atoms with E-state index in [1.165, 1.54) is 6.07 Å². The first-order chi connectivity index (χ1) is 7.97. The van der Waals surface area contributed by atoms with E-state index in [0.717, 1.165) is 0 Å². The molecule has 0 aliphatic heterocycles. The number of ketones is 1. The number of halogens is 2. The number of hydrogen-bond acceptors (Lipinski definition) is 2. The molecule has 4 heteroatoms. The van der Waals surface area contributed by atoms with Gasteiger partial charge in [0.1, 0.15) is 5.75 Å². The van der Waals surface area contributed by atoms with Crippen molar-refractivity contribution >= 4 is 29.0 Å². The maximum atomic E-state index is 11.9.